The molecule has 0 aliphatic rings. The third-order valence-corrected chi connectivity index (χ3v) is 4.14. The first-order valence-electron chi connectivity index (χ1n) is 5.92. The molecule has 0 aliphatic carbocycles. The quantitative estimate of drug-likeness (QED) is 0.462. The maximum Gasteiger partial charge on any atom is 0.189 e. The Kier molecular flexibility index (Phi) is 5.68. The smallest absolute Gasteiger partial charge is 0.189 e. The number of aliphatic hydroxyl groups excluding tert-OH is 1. The second-order valence-electron chi connectivity index (χ2n) is 5.25. The Balaban J connectivity index is 2.27. The lowest BCUT2D eigenvalue weighted by atomic mass is 10.2. The monoisotopic (exact) mass is 254 g/mol. The van der Waals surface area contributed by atoms with Crippen LogP contribution in [0, 0.1) is 0 Å². The van der Waals surface area contributed by atoms with E-state index in [1.165, 1.54) is 0 Å². The number of benzene rings is 1. The molecule has 0 atom stereocenters. The van der Waals surface area contributed by atoms with Gasteiger partial charge in [-0.15, -0.1) is 0 Å². The minimum absolute atomic E-state index is 0.00885. The summed E-state index contributed by atoms with van der Waals surface area (Å²) in [6.45, 7) is 7.94. The zero-order valence-corrected chi connectivity index (χ0v) is 11.9. The van der Waals surface area contributed by atoms with Crippen molar-refractivity contribution in [3.8, 4) is 5.75 Å². The third kappa shape index (κ3) is 5.86. The van der Waals surface area contributed by atoms with E-state index in [4.69, 9.17) is 14.6 Å². The molecule has 0 spiro atoms. The van der Waals surface area contributed by atoms with Crippen molar-refractivity contribution >= 4 is 8.07 Å². The van der Waals surface area contributed by atoms with Crippen LogP contribution >= 0.6 is 0 Å². The summed E-state index contributed by atoms with van der Waals surface area (Å²) in [6.07, 6.45) is 0. The highest BCUT2D eigenvalue weighted by atomic mass is 28.3. The molecule has 0 unspecified atom stereocenters. The largest absolute Gasteiger partial charge is 0.467 e. The van der Waals surface area contributed by atoms with Gasteiger partial charge in [0, 0.05) is 20.2 Å². The van der Waals surface area contributed by atoms with Gasteiger partial charge in [0.05, 0.1) is 6.61 Å². The van der Waals surface area contributed by atoms with Gasteiger partial charge in [0.25, 0.3) is 0 Å². The second kappa shape index (κ2) is 6.79. The van der Waals surface area contributed by atoms with Crippen LogP contribution in [-0.4, -0.2) is 26.6 Å². The standard InChI is InChI=1S/C13H22O3Si/c1-17(2,3)9-8-15-11-16-13-7-5-4-6-12(13)10-14/h4-7,14H,8-11H2,1-3H3. The van der Waals surface area contributed by atoms with Gasteiger partial charge in [-0.05, 0) is 12.1 Å². The molecule has 1 aromatic rings. The van der Waals surface area contributed by atoms with Gasteiger partial charge in [-0.1, -0.05) is 37.8 Å². The van der Waals surface area contributed by atoms with Crippen molar-refractivity contribution in [1.82, 2.24) is 0 Å². The van der Waals surface area contributed by atoms with Crippen molar-refractivity contribution < 1.29 is 14.6 Å². The van der Waals surface area contributed by atoms with Gasteiger partial charge in [-0.2, -0.15) is 0 Å². The summed E-state index contributed by atoms with van der Waals surface area (Å²) in [5.74, 6) is 0.697. The molecule has 0 saturated carbocycles. The van der Waals surface area contributed by atoms with Crippen LogP contribution in [0.25, 0.3) is 0 Å². The predicted molar refractivity (Wildman–Crippen MR) is 72.0 cm³/mol. The molecule has 0 aliphatic heterocycles. The second-order valence-corrected chi connectivity index (χ2v) is 10.9. The van der Waals surface area contributed by atoms with E-state index in [2.05, 4.69) is 19.6 Å². The van der Waals surface area contributed by atoms with E-state index >= 15 is 0 Å². The Morgan fingerprint density at radius 2 is 1.88 bits per heavy atom. The number of hydrogen-bond acceptors (Lipinski definition) is 3. The van der Waals surface area contributed by atoms with Crippen molar-refractivity contribution in [2.75, 3.05) is 13.4 Å². The van der Waals surface area contributed by atoms with E-state index < -0.39 is 8.07 Å². The van der Waals surface area contributed by atoms with E-state index in [9.17, 15) is 0 Å². The third-order valence-electron chi connectivity index (χ3n) is 2.44. The molecule has 1 rings (SSSR count). The van der Waals surface area contributed by atoms with Gasteiger partial charge < -0.3 is 14.6 Å². The topological polar surface area (TPSA) is 38.7 Å². The van der Waals surface area contributed by atoms with Crippen LogP contribution in [0.4, 0.5) is 0 Å². The van der Waals surface area contributed by atoms with Crippen LogP contribution < -0.4 is 4.74 Å². The van der Waals surface area contributed by atoms with Crippen LogP contribution in [0.5, 0.6) is 5.75 Å². The van der Waals surface area contributed by atoms with Crippen LogP contribution in [-0.2, 0) is 11.3 Å². The summed E-state index contributed by atoms with van der Waals surface area (Å²) in [7, 11) is -1.02. The van der Waals surface area contributed by atoms with Crippen LogP contribution in [0.1, 0.15) is 5.56 Å². The highest BCUT2D eigenvalue weighted by molar-refractivity contribution is 6.76. The van der Waals surface area contributed by atoms with E-state index in [0.717, 1.165) is 18.2 Å². The molecule has 1 N–H and O–H groups in total. The molecule has 0 heterocycles. The molecule has 3 nitrogen and oxygen atoms in total. The lowest BCUT2D eigenvalue weighted by molar-refractivity contribution is 0.0208. The summed E-state index contributed by atoms with van der Waals surface area (Å²) in [4.78, 5) is 0. The average molecular weight is 254 g/mol. The predicted octanol–water partition coefficient (Wildman–Crippen LogP) is 2.87. The average Bonchev–Trinajstić information content (AvgIpc) is 2.27. The first-order valence-corrected chi connectivity index (χ1v) is 9.63. The number of hydrogen-bond donors (Lipinski definition) is 1. The number of aliphatic hydroxyl groups is 1. The Labute approximate surface area is 104 Å². The van der Waals surface area contributed by atoms with Gasteiger partial charge in [-0.3, -0.25) is 0 Å². The van der Waals surface area contributed by atoms with Crippen LogP contribution in [0.15, 0.2) is 24.3 Å². The highest BCUT2D eigenvalue weighted by Gasteiger charge is 2.12. The molecule has 17 heavy (non-hydrogen) atoms. The normalized spacial score (nSPS) is 11.5. The molecule has 0 fully saturated rings. The van der Waals surface area contributed by atoms with Crippen LogP contribution in [0.2, 0.25) is 25.7 Å². The zero-order chi connectivity index (χ0) is 12.7. The molecule has 0 saturated heterocycles. The van der Waals surface area contributed by atoms with Gasteiger partial charge in [0.15, 0.2) is 6.79 Å². The van der Waals surface area contributed by atoms with Crippen molar-refractivity contribution in [3.05, 3.63) is 29.8 Å². The lowest BCUT2D eigenvalue weighted by Crippen LogP contribution is -2.22. The van der Waals surface area contributed by atoms with E-state index in [-0.39, 0.29) is 13.4 Å². The Bertz CT molecular complexity index is 334. The molecule has 4 heteroatoms. The SMILES string of the molecule is C[Si](C)(C)CCOCOc1ccccc1CO. The minimum Gasteiger partial charge on any atom is -0.467 e. The highest BCUT2D eigenvalue weighted by Crippen LogP contribution is 2.17. The van der Waals surface area contributed by atoms with Gasteiger partial charge in [-0.25, -0.2) is 0 Å². The summed E-state index contributed by atoms with van der Waals surface area (Å²) < 4.78 is 10.9. The fourth-order valence-corrected chi connectivity index (χ4v) is 2.07. The Hall–Kier alpha value is -0.843. The summed E-state index contributed by atoms with van der Waals surface area (Å²) in [5.41, 5.74) is 0.793. The molecule has 0 bridgehead atoms. The number of rotatable bonds is 7. The molecule has 96 valence electrons. The lowest BCUT2D eigenvalue weighted by Gasteiger charge is -2.16. The first-order chi connectivity index (χ1) is 8.03. The molecule has 0 aromatic heterocycles. The van der Waals surface area contributed by atoms with E-state index in [1.807, 2.05) is 24.3 Å². The van der Waals surface area contributed by atoms with E-state index in [1.54, 1.807) is 0 Å². The van der Waals surface area contributed by atoms with Crippen molar-refractivity contribution in [2.24, 2.45) is 0 Å². The zero-order valence-electron chi connectivity index (χ0n) is 10.9. The summed E-state index contributed by atoms with van der Waals surface area (Å²) in [5, 5.41) is 9.11. The van der Waals surface area contributed by atoms with Crippen molar-refractivity contribution in [1.29, 1.82) is 0 Å². The summed E-state index contributed by atoms with van der Waals surface area (Å²) in [6, 6.07) is 8.59. The van der Waals surface area contributed by atoms with E-state index in [0.29, 0.717) is 5.75 Å². The van der Waals surface area contributed by atoms with Crippen molar-refractivity contribution in [3.63, 3.8) is 0 Å². The maximum atomic E-state index is 9.11. The molecule has 0 amide bonds. The van der Waals surface area contributed by atoms with Gasteiger partial charge in [0.1, 0.15) is 5.75 Å². The van der Waals surface area contributed by atoms with Gasteiger partial charge >= 0.3 is 0 Å². The molecule has 0 radical (unpaired) electrons. The fraction of sp³-hybridized carbons (Fsp3) is 0.538. The van der Waals surface area contributed by atoms with Gasteiger partial charge in [0.2, 0.25) is 0 Å². The van der Waals surface area contributed by atoms with Crippen molar-refractivity contribution in [2.45, 2.75) is 32.3 Å². The molecule has 1 aromatic carbocycles. The van der Waals surface area contributed by atoms with Crippen LogP contribution in [0.3, 0.4) is 0 Å². The molecular weight excluding hydrogens is 232 g/mol. The Morgan fingerprint density at radius 3 is 2.53 bits per heavy atom. The molecular formula is C13H22O3Si. The number of para-hydroxylation sites is 1. The minimum atomic E-state index is -1.02. The Morgan fingerprint density at radius 1 is 1.18 bits per heavy atom. The summed E-state index contributed by atoms with van der Waals surface area (Å²) >= 11 is 0. The fourth-order valence-electron chi connectivity index (χ4n) is 1.32. The maximum absolute atomic E-state index is 9.11. The number of ether oxygens (including phenoxy) is 2. The first kappa shape index (κ1) is 14.2.